The highest BCUT2D eigenvalue weighted by molar-refractivity contribution is 6.88. The molecular weight excluding hydrogens is 446 g/mol. The summed E-state index contributed by atoms with van der Waals surface area (Å²) in [6.45, 7) is 7.18. The fourth-order valence-corrected chi connectivity index (χ4v) is 6.76. The lowest BCUT2D eigenvalue weighted by Crippen LogP contribution is -2.37. The molecule has 4 heterocycles. The Bertz CT molecular complexity index is 1970. The second-order valence-electron chi connectivity index (χ2n) is 10.5. The average Bonchev–Trinajstić information content (AvgIpc) is 3.57. The predicted molar refractivity (Wildman–Crippen MR) is 147 cm³/mol. The van der Waals surface area contributed by atoms with Crippen LogP contribution in [-0.2, 0) is 0 Å². The van der Waals surface area contributed by atoms with Gasteiger partial charge in [-0.2, -0.15) is 0 Å². The van der Waals surface area contributed by atoms with Gasteiger partial charge in [0.1, 0.15) is 5.52 Å². The molecule has 8 rings (SSSR count). The molecule has 0 aliphatic heterocycles. The van der Waals surface area contributed by atoms with E-state index in [0.717, 1.165) is 50.2 Å². The monoisotopic (exact) mass is 469 g/mol. The lowest BCUT2D eigenvalue weighted by Gasteiger charge is -2.16. The van der Waals surface area contributed by atoms with Gasteiger partial charge in [0.05, 0.1) is 41.2 Å². The van der Waals surface area contributed by atoms with Crippen molar-refractivity contribution in [3.05, 3.63) is 84.9 Å². The fraction of sp³-hybridized carbons (Fsp3) is 0.103. The molecule has 0 bridgehead atoms. The van der Waals surface area contributed by atoms with Crippen molar-refractivity contribution in [2.75, 3.05) is 0 Å². The summed E-state index contributed by atoms with van der Waals surface area (Å²) in [4.78, 5) is 10.1. The van der Waals surface area contributed by atoms with E-state index in [1.165, 1.54) is 16.3 Å². The number of imidazole rings is 4. The van der Waals surface area contributed by atoms with Crippen LogP contribution in [0.5, 0.6) is 0 Å². The van der Waals surface area contributed by atoms with Gasteiger partial charge < -0.3 is 0 Å². The first-order chi connectivity index (χ1) is 17.0. The highest BCUT2D eigenvalue weighted by Gasteiger charge is 2.24. The first-order valence-electron chi connectivity index (χ1n) is 12.0. The van der Waals surface area contributed by atoms with E-state index in [1.807, 2.05) is 12.1 Å². The SMILES string of the molecule is C[Si](C)(C)c1ccc(-c2cc3c4c(c2)n2c5ccccc5nc2n4c2nc4ccccc4n32)cc1. The summed E-state index contributed by atoms with van der Waals surface area (Å²) in [5.41, 5.74) is 10.1. The van der Waals surface area contributed by atoms with Crippen LogP contribution in [0.15, 0.2) is 84.9 Å². The number of hydrogen-bond acceptors (Lipinski definition) is 2. The minimum atomic E-state index is -1.35. The van der Waals surface area contributed by atoms with Crippen molar-refractivity contribution in [3.63, 3.8) is 0 Å². The molecule has 0 radical (unpaired) electrons. The summed E-state index contributed by atoms with van der Waals surface area (Å²) >= 11 is 0. The summed E-state index contributed by atoms with van der Waals surface area (Å²) in [5.74, 6) is 1.81. The Hall–Kier alpha value is -4.16. The van der Waals surface area contributed by atoms with Gasteiger partial charge in [0.25, 0.3) is 0 Å². The zero-order valence-corrected chi connectivity index (χ0v) is 20.8. The lowest BCUT2D eigenvalue weighted by atomic mass is 10.0. The lowest BCUT2D eigenvalue weighted by molar-refractivity contribution is 1.15. The molecule has 0 saturated heterocycles. The van der Waals surface area contributed by atoms with Crippen LogP contribution in [0.1, 0.15) is 0 Å². The highest BCUT2D eigenvalue weighted by atomic mass is 28.3. The topological polar surface area (TPSA) is 39.0 Å². The second-order valence-corrected chi connectivity index (χ2v) is 15.6. The first kappa shape index (κ1) is 19.2. The third-order valence-corrected chi connectivity index (χ3v) is 9.41. The summed E-state index contributed by atoms with van der Waals surface area (Å²) in [6, 6.07) is 30.6. The fourth-order valence-electron chi connectivity index (χ4n) is 5.59. The van der Waals surface area contributed by atoms with Gasteiger partial charge in [-0.15, -0.1) is 0 Å². The number of hydrogen-bond donors (Lipinski definition) is 0. The molecular formula is C29H23N5Si. The van der Waals surface area contributed by atoms with Crippen LogP contribution in [0.25, 0.3) is 61.3 Å². The minimum absolute atomic E-state index is 0.905. The Kier molecular flexibility index (Phi) is 3.44. The number of aromatic nitrogens is 5. The van der Waals surface area contributed by atoms with Crippen molar-refractivity contribution in [1.29, 1.82) is 0 Å². The molecule has 0 saturated carbocycles. The largest absolute Gasteiger partial charge is 0.276 e. The molecule has 35 heavy (non-hydrogen) atoms. The van der Waals surface area contributed by atoms with E-state index in [9.17, 15) is 0 Å². The molecule has 4 aromatic carbocycles. The van der Waals surface area contributed by atoms with E-state index in [4.69, 9.17) is 9.97 Å². The van der Waals surface area contributed by atoms with E-state index in [2.05, 4.69) is 106 Å². The van der Waals surface area contributed by atoms with Gasteiger partial charge in [0.15, 0.2) is 0 Å². The normalized spacial score (nSPS) is 13.0. The van der Waals surface area contributed by atoms with Crippen LogP contribution in [0, 0.1) is 0 Å². The standard InChI is InChI=1S/C29H23N5Si/c1-35(2,3)20-14-12-18(13-15-20)19-16-25-27-26(17-19)33-24-11-7-5-9-22(24)31-29(33)34(27)28-30-21-8-4-6-10-23(21)32(25)28/h4-17H,1-3H3. The highest BCUT2D eigenvalue weighted by Crippen LogP contribution is 2.37. The summed E-state index contributed by atoms with van der Waals surface area (Å²) in [5, 5.41) is 1.48. The van der Waals surface area contributed by atoms with Crippen molar-refractivity contribution in [3.8, 4) is 11.1 Å². The van der Waals surface area contributed by atoms with Crippen LogP contribution >= 0.6 is 0 Å². The number of rotatable bonds is 2. The minimum Gasteiger partial charge on any atom is -0.276 e. The number of benzene rings is 4. The molecule has 0 aliphatic carbocycles. The van der Waals surface area contributed by atoms with Gasteiger partial charge in [-0.05, 0) is 47.5 Å². The summed E-state index contributed by atoms with van der Waals surface area (Å²) in [6.07, 6.45) is 0. The molecule has 6 heteroatoms. The van der Waals surface area contributed by atoms with Crippen LogP contribution in [-0.4, -0.2) is 31.2 Å². The maximum atomic E-state index is 5.04. The van der Waals surface area contributed by atoms with E-state index >= 15 is 0 Å². The van der Waals surface area contributed by atoms with Crippen LogP contribution in [0.3, 0.4) is 0 Å². The maximum absolute atomic E-state index is 5.04. The van der Waals surface area contributed by atoms with Crippen LogP contribution in [0.4, 0.5) is 0 Å². The Morgan fingerprint density at radius 2 is 1.06 bits per heavy atom. The van der Waals surface area contributed by atoms with Crippen molar-refractivity contribution < 1.29 is 0 Å². The zero-order chi connectivity index (χ0) is 23.5. The molecule has 0 spiro atoms. The van der Waals surface area contributed by atoms with Crippen LogP contribution in [0.2, 0.25) is 19.6 Å². The quantitative estimate of drug-likeness (QED) is 0.277. The maximum Gasteiger partial charge on any atom is 0.223 e. The zero-order valence-electron chi connectivity index (χ0n) is 19.8. The molecule has 0 amide bonds. The number of nitrogens with zero attached hydrogens (tertiary/aromatic N) is 5. The third kappa shape index (κ3) is 2.42. The first-order valence-corrected chi connectivity index (χ1v) is 15.5. The molecule has 0 unspecified atom stereocenters. The van der Waals surface area contributed by atoms with E-state index in [0.29, 0.717) is 0 Å². The van der Waals surface area contributed by atoms with Gasteiger partial charge in [0.2, 0.25) is 11.6 Å². The Balaban J connectivity index is 1.56. The number of para-hydroxylation sites is 4. The van der Waals surface area contributed by atoms with Gasteiger partial charge in [-0.3, -0.25) is 8.80 Å². The molecule has 168 valence electrons. The van der Waals surface area contributed by atoms with E-state index in [1.54, 1.807) is 0 Å². The second kappa shape index (κ2) is 6.28. The molecule has 0 N–H and O–H groups in total. The van der Waals surface area contributed by atoms with Gasteiger partial charge in [-0.1, -0.05) is 73.4 Å². The van der Waals surface area contributed by atoms with Gasteiger partial charge in [0, 0.05) is 0 Å². The van der Waals surface area contributed by atoms with Crippen molar-refractivity contribution >= 4 is 63.4 Å². The van der Waals surface area contributed by atoms with E-state index in [-0.39, 0.29) is 0 Å². The molecule has 8 aromatic rings. The van der Waals surface area contributed by atoms with E-state index < -0.39 is 8.07 Å². The Morgan fingerprint density at radius 1 is 0.543 bits per heavy atom. The van der Waals surface area contributed by atoms with Crippen molar-refractivity contribution in [2.45, 2.75) is 19.6 Å². The molecule has 0 aliphatic rings. The summed E-state index contributed by atoms with van der Waals surface area (Å²) in [7, 11) is -1.35. The smallest absolute Gasteiger partial charge is 0.223 e. The molecule has 5 nitrogen and oxygen atoms in total. The predicted octanol–water partition coefficient (Wildman–Crippen LogP) is 6.34. The third-order valence-electron chi connectivity index (χ3n) is 7.35. The van der Waals surface area contributed by atoms with Crippen molar-refractivity contribution in [1.82, 2.24) is 23.2 Å². The molecule has 4 aromatic heterocycles. The van der Waals surface area contributed by atoms with Crippen molar-refractivity contribution in [2.24, 2.45) is 0 Å². The summed E-state index contributed by atoms with van der Waals surface area (Å²) < 4.78 is 6.80. The van der Waals surface area contributed by atoms with Gasteiger partial charge in [-0.25, -0.2) is 14.4 Å². The van der Waals surface area contributed by atoms with Gasteiger partial charge >= 0.3 is 0 Å². The molecule has 0 fully saturated rings. The molecule has 0 atom stereocenters. The Labute approximate surface area is 202 Å². The average molecular weight is 470 g/mol. The Morgan fingerprint density at radius 3 is 1.57 bits per heavy atom. The number of fused-ring (bicyclic) bond motifs is 10. The van der Waals surface area contributed by atoms with Crippen LogP contribution < -0.4 is 5.19 Å².